The second kappa shape index (κ2) is 5.94. The minimum Gasteiger partial charge on any atom is -0.339 e. The molecule has 6 nitrogen and oxygen atoms in total. The van der Waals surface area contributed by atoms with Crippen LogP contribution in [0.15, 0.2) is 65.8 Å². The van der Waals surface area contributed by atoms with Crippen molar-refractivity contribution in [3.8, 4) is 0 Å². The highest BCUT2D eigenvalue weighted by atomic mass is 16.2. The van der Waals surface area contributed by atoms with Crippen molar-refractivity contribution in [2.45, 2.75) is 17.9 Å². The molecular weight excluding hydrogens is 292 g/mol. The number of carbonyl (C=O) groups is 2. The van der Waals surface area contributed by atoms with Gasteiger partial charge in [-0.2, -0.15) is 0 Å². The number of benzene rings is 2. The highest BCUT2D eigenvalue weighted by Gasteiger charge is 2.61. The zero-order valence-corrected chi connectivity index (χ0v) is 12.2. The van der Waals surface area contributed by atoms with E-state index in [0.717, 1.165) is 5.56 Å². The molecule has 3 rings (SSSR count). The molecule has 2 unspecified atom stereocenters. The summed E-state index contributed by atoms with van der Waals surface area (Å²) in [6.07, 6.45) is 0.424. The molecule has 1 fully saturated rings. The van der Waals surface area contributed by atoms with E-state index in [-0.39, 0.29) is 11.8 Å². The van der Waals surface area contributed by atoms with Crippen molar-refractivity contribution >= 4 is 11.8 Å². The first-order valence-corrected chi connectivity index (χ1v) is 7.19. The summed E-state index contributed by atoms with van der Waals surface area (Å²) in [5.41, 5.74) is 8.80. The van der Waals surface area contributed by atoms with Crippen LogP contribution in [0.25, 0.3) is 10.4 Å². The molecule has 2 atom stereocenters. The molecule has 0 radical (unpaired) electrons. The lowest BCUT2D eigenvalue weighted by Gasteiger charge is -2.16. The molecule has 2 aromatic carbocycles. The lowest BCUT2D eigenvalue weighted by atomic mass is 10.0. The third-order valence-electron chi connectivity index (χ3n) is 4.05. The maximum atomic E-state index is 12.4. The van der Waals surface area contributed by atoms with Gasteiger partial charge in [-0.1, -0.05) is 48.5 Å². The highest BCUT2D eigenvalue weighted by Crippen LogP contribution is 2.52. The average molecular weight is 306 g/mol. The third-order valence-corrected chi connectivity index (χ3v) is 4.05. The Bertz CT molecular complexity index is 785. The van der Waals surface area contributed by atoms with E-state index < -0.39 is 11.4 Å². The number of nitrogens with one attached hydrogen (secondary N) is 1. The maximum absolute atomic E-state index is 12.4. The minimum absolute atomic E-state index is 0.186. The van der Waals surface area contributed by atoms with E-state index in [2.05, 4.69) is 15.3 Å². The predicted molar refractivity (Wildman–Crippen MR) is 84.6 cm³/mol. The summed E-state index contributed by atoms with van der Waals surface area (Å²) < 4.78 is 0. The van der Waals surface area contributed by atoms with Crippen LogP contribution in [0.1, 0.15) is 28.3 Å². The standard InChI is InChI=1S/C17H14N4O2/c18-21-20-16(23)17(11-14(17)12-7-3-1-4-8-12)19-15(22)13-9-5-2-6-10-13/h1-10,14H,11H2,(H,19,22). The Morgan fingerprint density at radius 3 is 2.30 bits per heavy atom. The zero-order valence-electron chi connectivity index (χ0n) is 12.2. The fourth-order valence-electron chi connectivity index (χ4n) is 2.77. The fraction of sp³-hybridized carbons (Fsp3) is 0.176. The minimum atomic E-state index is -1.15. The second-order valence-corrected chi connectivity index (χ2v) is 5.45. The van der Waals surface area contributed by atoms with Crippen molar-refractivity contribution in [3.05, 3.63) is 82.2 Å². The van der Waals surface area contributed by atoms with Gasteiger partial charge in [-0.05, 0) is 34.8 Å². The Hall–Kier alpha value is -3.11. The van der Waals surface area contributed by atoms with E-state index in [1.54, 1.807) is 24.3 Å². The van der Waals surface area contributed by atoms with Gasteiger partial charge in [-0.25, -0.2) is 0 Å². The van der Waals surface area contributed by atoms with Crippen molar-refractivity contribution in [2.75, 3.05) is 0 Å². The van der Waals surface area contributed by atoms with E-state index in [0.29, 0.717) is 12.0 Å². The van der Waals surface area contributed by atoms with Gasteiger partial charge in [-0.15, -0.1) is 0 Å². The molecule has 23 heavy (non-hydrogen) atoms. The molecule has 1 aliphatic carbocycles. The molecule has 0 aromatic heterocycles. The van der Waals surface area contributed by atoms with E-state index in [4.69, 9.17) is 5.53 Å². The quantitative estimate of drug-likeness (QED) is 0.533. The largest absolute Gasteiger partial charge is 0.339 e. The molecular formula is C17H14N4O2. The number of amides is 2. The van der Waals surface area contributed by atoms with Gasteiger partial charge >= 0.3 is 0 Å². The first kappa shape index (κ1) is 14.8. The maximum Gasteiger partial charge on any atom is 0.252 e. The van der Waals surface area contributed by atoms with Crippen molar-refractivity contribution in [1.29, 1.82) is 0 Å². The molecule has 1 N–H and O–H groups in total. The molecule has 0 saturated heterocycles. The molecule has 0 spiro atoms. The zero-order chi connectivity index (χ0) is 16.3. The number of rotatable bonds is 4. The summed E-state index contributed by atoms with van der Waals surface area (Å²) in [5.74, 6) is -1.20. The summed E-state index contributed by atoms with van der Waals surface area (Å²) in [6, 6.07) is 18.0. The molecule has 114 valence electrons. The van der Waals surface area contributed by atoms with E-state index >= 15 is 0 Å². The van der Waals surface area contributed by atoms with Crippen LogP contribution in [-0.4, -0.2) is 17.4 Å². The second-order valence-electron chi connectivity index (χ2n) is 5.45. The molecule has 1 saturated carbocycles. The SMILES string of the molecule is [N-]=[N+]=NC(=O)C1(NC(=O)c2ccccc2)CC1c1ccccc1. The molecule has 2 aromatic rings. The Balaban J connectivity index is 1.88. The Labute approximate surface area is 132 Å². The fourth-order valence-corrected chi connectivity index (χ4v) is 2.77. The van der Waals surface area contributed by atoms with Crippen LogP contribution in [0.3, 0.4) is 0 Å². The van der Waals surface area contributed by atoms with Gasteiger partial charge in [-0.3, -0.25) is 9.59 Å². The third kappa shape index (κ3) is 2.80. The Morgan fingerprint density at radius 2 is 1.70 bits per heavy atom. The number of hydrogen-bond donors (Lipinski definition) is 1. The number of nitrogens with zero attached hydrogens (tertiary/aromatic N) is 3. The molecule has 0 aliphatic heterocycles. The highest BCUT2D eigenvalue weighted by molar-refractivity contribution is 6.02. The van der Waals surface area contributed by atoms with Gasteiger partial charge in [0, 0.05) is 16.4 Å². The Morgan fingerprint density at radius 1 is 1.09 bits per heavy atom. The van der Waals surface area contributed by atoms with Crippen molar-refractivity contribution in [3.63, 3.8) is 0 Å². The summed E-state index contributed by atoms with van der Waals surface area (Å²) in [7, 11) is 0. The number of azide groups is 1. The number of carbonyl (C=O) groups excluding carboxylic acids is 2. The lowest BCUT2D eigenvalue weighted by molar-refractivity contribution is -0.120. The topological polar surface area (TPSA) is 94.9 Å². The van der Waals surface area contributed by atoms with Crippen LogP contribution < -0.4 is 5.32 Å². The normalized spacial score (nSPS) is 21.8. The van der Waals surface area contributed by atoms with Crippen LogP contribution in [0.4, 0.5) is 0 Å². The molecule has 1 aliphatic rings. The predicted octanol–water partition coefficient (Wildman–Crippen LogP) is 3.18. The molecule has 6 heteroatoms. The average Bonchev–Trinajstić information content (AvgIpc) is 3.32. The summed E-state index contributed by atoms with van der Waals surface area (Å²) >= 11 is 0. The van der Waals surface area contributed by atoms with Gasteiger partial charge in [0.15, 0.2) is 0 Å². The molecule has 2 amide bonds. The lowest BCUT2D eigenvalue weighted by Crippen LogP contribution is -2.43. The van der Waals surface area contributed by atoms with Gasteiger partial charge < -0.3 is 5.32 Å². The van der Waals surface area contributed by atoms with Gasteiger partial charge in [0.05, 0.1) is 0 Å². The van der Waals surface area contributed by atoms with Crippen LogP contribution in [-0.2, 0) is 4.79 Å². The van der Waals surface area contributed by atoms with Gasteiger partial charge in [0.25, 0.3) is 5.91 Å². The Kier molecular flexibility index (Phi) is 3.83. The monoisotopic (exact) mass is 306 g/mol. The first-order valence-electron chi connectivity index (χ1n) is 7.19. The number of hydrogen-bond acceptors (Lipinski definition) is 2. The summed E-state index contributed by atoms with van der Waals surface area (Å²) in [5, 5.41) is 5.97. The molecule has 0 bridgehead atoms. The summed E-state index contributed by atoms with van der Waals surface area (Å²) in [6.45, 7) is 0. The smallest absolute Gasteiger partial charge is 0.252 e. The summed E-state index contributed by atoms with van der Waals surface area (Å²) in [4.78, 5) is 27.2. The van der Waals surface area contributed by atoms with Crippen LogP contribution >= 0.6 is 0 Å². The van der Waals surface area contributed by atoms with Crippen molar-refractivity contribution < 1.29 is 9.59 Å². The first-order chi connectivity index (χ1) is 11.2. The van der Waals surface area contributed by atoms with E-state index in [9.17, 15) is 9.59 Å². The van der Waals surface area contributed by atoms with Gasteiger partial charge in [0.1, 0.15) is 5.54 Å². The van der Waals surface area contributed by atoms with Crippen molar-refractivity contribution in [2.24, 2.45) is 5.11 Å². The van der Waals surface area contributed by atoms with Crippen molar-refractivity contribution in [1.82, 2.24) is 5.32 Å². The van der Waals surface area contributed by atoms with Crippen LogP contribution in [0, 0.1) is 0 Å². The van der Waals surface area contributed by atoms with E-state index in [1.165, 1.54) is 0 Å². The van der Waals surface area contributed by atoms with E-state index in [1.807, 2.05) is 36.4 Å². The molecule has 0 heterocycles. The van der Waals surface area contributed by atoms with Crippen LogP contribution in [0.2, 0.25) is 0 Å². The van der Waals surface area contributed by atoms with Gasteiger partial charge in [0.2, 0.25) is 5.91 Å². The van der Waals surface area contributed by atoms with Crippen LogP contribution in [0.5, 0.6) is 0 Å².